The third kappa shape index (κ3) is 4.60. The Kier molecular flexibility index (Phi) is 5.59. The van der Waals surface area contributed by atoms with E-state index in [2.05, 4.69) is 36.1 Å². The molecule has 0 unspecified atom stereocenters. The molecule has 0 atom stereocenters. The van der Waals surface area contributed by atoms with Crippen molar-refractivity contribution in [2.75, 3.05) is 5.73 Å². The molecule has 126 valence electrons. The largest absolute Gasteiger partial charge is 0.506 e. The molecule has 0 aliphatic heterocycles. The van der Waals surface area contributed by atoms with Gasteiger partial charge >= 0.3 is 5.97 Å². The second-order valence-corrected chi connectivity index (χ2v) is 6.10. The molecule has 24 heavy (non-hydrogen) atoms. The minimum Gasteiger partial charge on any atom is -0.506 e. The van der Waals surface area contributed by atoms with Crippen LogP contribution < -0.4 is 11.3 Å². The fourth-order valence-electron chi connectivity index (χ4n) is 1.48. The summed E-state index contributed by atoms with van der Waals surface area (Å²) in [4.78, 5) is 26.2. The molecule has 0 saturated carbocycles. The number of nitrogens with one attached hydrogen (secondary N) is 1. The number of aromatic hydroxyl groups is 1. The highest BCUT2D eigenvalue weighted by Crippen LogP contribution is 2.31. The van der Waals surface area contributed by atoms with Gasteiger partial charge < -0.3 is 15.7 Å². The molecule has 0 spiro atoms. The average molecular weight is 417 g/mol. The Labute approximate surface area is 146 Å². The van der Waals surface area contributed by atoms with E-state index in [-0.39, 0.29) is 33.0 Å². The number of nitrogens with two attached hydrogens (primary N) is 1. The lowest BCUT2D eigenvalue weighted by atomic mass is 10.2. The molecule has 4 N–H and O–H groups in total. The summed E-state index contributed by atoms with van der Waals surface area (Å²) >= 11 is 4.04. The van der Waals surface area contributed by atoms with E-state index in [1.54, 1.807) is 0 Å². The number of hydrogen-bond donors (Lipinski definition) is 3. The van der Waals surface area contributed by atoms with Crippen LogP contribution in [-0.4, -0.2) is 32.4 Å². The van der Waals surface area contributed by atoms with Gasteiger partial charge in [-0.1, -0.05) is 11.3 Å². The Morgan fingerprint density at radius 3 is 2.96 bits per heavy atom. The van der Waals surface area contributed by atoms with Gasteiger partial charge in [-0.15, -0.1) is 15.8 Å². The van der Waals surface area contributed by atoms with Crippen LogP contribution in [0.15, 0.2) is 21.7 Å². The van der Waals surface area contributed by atoms with Crippen molar-refractivity contribution < 1.29 is 19.7 Å². The van der Waals surface area contributed by atoms with Crippen LogP contribution in [0.3, 0.4) is 0 Å². The first-order chi connectivity index (χ1) is 11.4. The van der Waals surface area contributed by atoms with Crippen molar-refractivity contribution in [1.29, 1.82) is 0 Å². The van der Waals surface area contributed by atoms with Crippen LogP contribution in [0.5, 0.6) is 5.75 Å². The number of hydrazone groups is 1. The number of benzene rings is 1. The topological polar surface area (TPSA) is 166 Å². The van der Waals surface area contributed by atoms with E-state index in [9.17, 15) is 20.0 Å². The lowest BCUT2D eigenvalue weighted by Gasteiger charge is -2.03. The number of carbonyl (C=O) groups excluding carboxylic acids is 1. The van der Waals surface area contributed by atoms with Crippen molar-refractivity contribution in [2.24, 2.45) is 5.10 Å². The minimum absolute atomic E-state index is 0.0523. The smallest absolute Gasteiger partial charge is 0.341 e. The predicted octanol–water partition coefficient (Wildman–Crippen LogP) is 1.12. The van der Waals surface area contributed by atoms with Crippen LogP contribution in [0.4, 0.5) is 10.8 Å². The van der Waals surface area contributed by atoms with Crippen molar-refractivity contribution in [3.05, 3.63) is 37.3 Å². The van der Waals surface area contributed by atoms with Gasteiger partial charge in [0.05, 0.1) is 15.6 Å². The Morgan fingerprint density at radius 1 is 1.58 bits per heavy atom. The zero-order chi connectivity index (χ0) is 17.7. The molecule has 0 amide bonds. The molecule has 11 nitrogen and oxygen atoms in total. The summed E-state index contributed by atoms with van der Waals surface area (Å²) in [5, 5.41) is 31.9. The number of nitro benzene ring substituents is 1. The van der Waals surface area contributed by atoms with Gasteiger partial charge in [0, 0.05) is 17.7 Å². The zero-order valence-electron chi connectivity index (χ0n) is 11.7. The van der Waals surface area contributed by atoms with E-state index in [1.165, 1.54) is 0 Å². The number of halogens is 1. The van der Waals surface area contributed by atoms with Gasteiger partial charge in [-0.25, -0.2) is 4.79 Å². The van der Waals surface area contributed by atoms with E-state index in [1.807, 2.05) is 5.59 Å². The molecule has 0 bridgehead atoms. The number of phenols is 1. The Bertz CT molecular complexity index is 810. The molecule has 0 aliphatic rings. The Hall–Kier alpha value is -2.80. The first-order valence-corrected chi connectivity index (χ1v) is 7.70. The Morgan fingerprint density at radius 2 is 2.33 bits per heavy atom. The molecule has 0 saturated heterocycles. The summed E-state index contributed by atoms with van der Waals surface area (Å²) in [6, 6.07) is 2.25. The van der Waals surface area contributed by atoms with E-state index < -0.39 is 10.9 Å². The first-order valence-electron chi connectivity index (χ1n) is 6.09. The third-order valence-electron chi connectivity index (χ3n) is 2.48. The maximum atomic E-state index is 11.5. The normalized spacial score (nSPS) is 10.7. The summed E-state index contributed by atoms with van der Waals surface area (Å²) in [5.41, 5.74) is 7.19. The van der Waals surface area contributed by atoms with Gasteiger partial charge in [0.2, 0.25) is 5.13 Å². The summed E-state index contributed by atoms with van der Waals surface area (Å²) in [5.74, 6) is -0.936. The highest BCUT2D eigenvalue weighted by Gasteiger charge is 2.14. The quantitative estimate of drug-likeness (QED) is 0.355. The second-order valence-electron chi connectivity index (χ2n) is 4.16. The van der Waals surface area contributed by atoms with Crippen LogP contribution in [0.2, 0.25) is 0 Å². The number of non-ortho nitro benzene ring substituents is 1. The number of anilines is 1. The molecular formula is C11H9BrN6O5S. The number of nitro groups is 1. The number of aromatic nitrogens is 2. The molecule has 13 heteroatoms. The summed E-state index contributed by atoms with van der Waals surface area (Å²) in [7, 11) is 0. The predicted molar refractivity (Wildman–Crippen MR) is 87.3 cm³/mol. The van der Waals surface area contributed by atoms with Gasteiger partial charge in [0.25, 0.3) is 5.69 Å². The van der Waals surface area contributed by atoms with Gasteiger partial charge in [0.15, 0.2) is 0 Å². The van der Waals surface area contributed by atoms with Gasteiger partial charge in [0.1, 0.15) is 17.2 Å². The van der Waals surface area contributed by atoms with Gasteiger partial charge in [-0.3, -0.25) is 10.1 Å². The maximum absolute atomic E-state index is 11.5. The Balaban J connectivity index is 1.94. The van der Waals surface area contributed by atoms with E-state index in [0.29, 0.717) is 5.01 Å². The van der Waals surface area contributed by atoms with E-state index >= 15 is 0 Å². The fourth-order valence-corrected chi connectivity index (χ4v) is 2.54. The molecule has 1 aromatic carbocycles. The zero-order valence-corrected chi connectivity index (χ0v) is 14.1. The highest BCUT2D eigenvalue weighted by molar-refractivity contribution is 9.10. The number of phenolic OH excluding ortho intramolecular Hbond substituents is 1. The monoisotopic (exact) mass is 416 g/mol. The number of nitrogen functional groups attached to an aromatic ring is 1. The van der Waals surface area contributed by atoms with Crippen LogP contribution in [-0.2, 0) is 16.1 Å². The molecule has 1 aromatic heterocycles. The van der Waals surface area contributed by atoms with E-state index in [4.69, 9.17) is 5.73 Å². The SMILES string of the molecule is Nc1nnc(CC(=O)ON/N=C/c2cc([N+](=O)[O-])cc(Br)c2O)s1. The summed E-state index contributed by atoms with van der Waals surface area (Å²) in [6.45, 7) is 0. The highest BCUT2D eigenvalue weighted by atomic mass is 79.9. The molecule has 2 aromatic rings. The number of hydrogen-bond acceptors (Lipinski definition) is 11. The van der Waals surface area contributed by atoms with Crippen molar-refractivity contribution in [2.45, 2.75) is 6.42 Å². The standard InChI is InChI=1S/C11H9BrN6O5S/c12-7-2-6(18(21)22)1-5(10(7)20)4-14-17-23-9(19)3-8-15-16-11(13)24-8/h1-2,4,17,20H,3H2,(H2,13,16)/b14-4+. The summed E-state index contributed by atoms with van der Waals surface area (Å²) < 4.78 is 0.129. The van der Waals surface area contributed by atoms with Crippen molar-refractivity contribution in [3.63, 3.8) is 0 Å². The molecule has 0 radical (unpaired) electrons. The van der Waals surface area contributed by atoms with Crippen molar-refractivity contribution in [3.8, 4) is 5.75 Å². The van der Waals surface area contributed by atoms with E-state index in [0.717, 1.165) is 29.7 Å². The maximum Gasteiger partial charge on any atom is 0.341 e. The molecule has 1 heterocycles. The lowest BCUT2D eigenvalue weighted by molar-refractivity contribution is -0.385. The number of carbonyl (C=O) groups is 1. The molecular weight excluding hydrogens is 408 g/mol. The summed E-state index contributed by atoms with van der Waals surface area (Å²) in [6.07, 6.45) is 0.911. The first kappa shape index (κ1) is 17.6. The minimum atomic E-state index is -0.687. The van der Waals surface area contributed by atoms with Gasteiger partial charge in [-0.2, -0.15) is 5.10 Å². The van der Waals surface area contributed by atoms with Crippen molar-refractivity contribution in [1.82, 2.24) is 15.8 Å². The number of nitrogens with zero attached hydrogens (tertiary/aromatic N) is 4. The van der Waals surface area contributed by atoms with Crippen LogP contribution in [0.25, 0.3) is 0 Å². The fraction of sp³-hybridized carbons (Fsp3) is 0.0909. The molecule has 2 rings (SSSR count). The third-order valence-corrected chi connectivity index (χ3v) is 3.84. The lowest BCUT2D eigenvalue weighted by Crippen LogP contribution is -2.16. The van der Waals surface area contributed by atoms with Crippen LogP contribution in [0.1, 0.15) is 10.6 Å². The molecule has 0 aliphatic carbocycles. The molecule has 0 fully saturated rings. The number of rotatable bonds is 6. The van der Waals surface area contributed by atoms with Gasteiger partial charge in [-0.05, 0) is 15.9 Å². The second kappa shape index (κ2) is 7.65. The van der Waals surface area contributed by atoms with Crippen LogP contribution in [0, 0.1) is 10.1 Å². The van der Waals surface area contributed by atoms with Crippen LogP contribution >= 0.6 is 27.3 Å². The van der Waals surface area contributed by atoms with Crippen molar-refractivity contribution >= 4 is 50.3 Å². The average Bonchev–Trinajstić information content (AvgIpc) is 2.92.